The van der Waals surface area contributed by atoms with Crippen LogP contribution in [0.25, 0.3) is 0 Å². The zero-order chi connectivity index (χ0) is 9.73. The fourth-order valence-corrected chi connectivity index (χ4v) is 1.60. The molecule has 1 saturated heterocycles. The molecule has 0 radical (unpaired) electrons. The predicted octanol–water partition coefficient (Wildman–Crippen LogP) is 1.71. The van der Waals surface area contributed by atoms with Gasteiger partial charge in [-0.1, -0.05) is 19.6 Å². The van der Waals surface area contributed by atoms with Gasteiger partial charge in [0.2, 0.25) is 0 Å². The van der Waals surface area contributed by atoms with E-state index in [-0.39, 0.29) is 0 Å². The highest BCUT2D eigenvalue weighted by Crippen LogP contribution is 2.09. The van der Waals surface area contributed by atoms with Crippen LogP contribution < -0.4 is 0 Å². The topological polar surface area (TPSA) is 31.0 Å². The van der Waals surface area contributed by atoms with E-state index in [0.717, 1.165) is 13.2 Å². The first-order valence-corrected chi connectivity index (χ1v) is 8.56. The van der Waals surface area contributed by atoms with Gasteiger partial charge in [-0.05, 0) is 6.04 Å². The minimum Gasteiger partial charge on any atom is -0.371 e. The molecule has 13 heavy (non-hydrogen) atoms. The second-order valence-electron chi connectivity index (χ2n) is 4.66. The monoisotopic (exact) mass is 204 g/mol. The van der Waals surface area contributed by atoms with Crippen molar-refractivity contribution in [3.8, 4) is 0 Å². The molecule has 1 aliphatic rings. The molecule has 0 saturated carbocycles. The van der Waals surface area contributed by atoms with Crippen LogP contribution in [0.3, 0.4) is 0 Å². The maximum absolute atomic E-state index is 5.34. The van der Waals surface area contributed by atoms with Crippen molar-refractivity contribution in [1.29, 1.82) is 0 Å². The summed E-state index contributed by atoms with van der Waals surface area (Å²) in [5, 5.41) is 0. The molecule has 0 amide bonds. The van der Waals surface area contributed by atoms with Crippen molar-refractivity contribution in [1.82, 2.24) is 0 Å². The Morgan fingerprint density at radius 3 is 2.54 bits per heavy atom. The van der Waals surface area contributed by atoms with E-state index in [0.29, 0.717) is 19.5 Å². The fourth-order valence-electron chi connectivity index (χ4n) is 0.840. The minimum atomic E-state index is -0.932. The van der Waals surface area contributed by atoms with E-state index in [2.05, 4.69) is 19.6 Å². The molecule has 1 rings (SSSR count). The van der Waals surface area contributed by atoms with Gasteiger partial charge in [-0.25, -0.2) is 0 Å². The molecular formula is C9H20O3Si. The number of rotatable bonds is 7. The van der Waals surface area contributed by atoms with Crippen LogP contribution in [0.2, 0.25) is 25.7 Å². The average molecular weight is 204 g/mol. The summed E-state index contributed by atoms with van der Waals surface area (Å²) in [7, 11) is -0.932. The summed E-state index contributed by atoms with van der Waals surface area (Å²) in [6.45, 7) is 9.83. The molecule has 3 nitrogen and oxygen atoms in total. The zero-order valence-corrected chi connectivity index (χ0v) is 9.84. The molecule has 1 aliphatic heterocycles. The van der Waals surface area contributed by atoms with Crippen molar-refractivity contribution < 1.29 is 14.2 Å². The van der Waals surface area contributed by atoms with Crippen molar-refractivity contribution in [3.63, 3.8) is 0 Å². The van der Waals surface area contributed by atoms with Crippen LogP contribution in [-0.4, -0.2) is 40.8 Å². The van der Waals surface area contributed by atoms with Crippen LogP contribution in [0.15, 0.2) is 0 Å². The Labute approximate surface area is 81.4 Å². The van der Waals surface area contributed by atoms with E-state index in [1.54, 1.807) is 0 Å². The van der Waals surface area contributed by atoms with Gasteiger partial charge >= 0.3 is 0 Å². The molecule has 0 aliphatic carbocycles. The normalized spacial score (nSPS) is 21.9. The lowest BCUT2D eigenvalue weighted by Gasteiger charge is -2.15. The molecule has 0 aromatic carbocycles. The van der Waals surface area contributed by atoms with Gasteiger partial charge in [0.05, 0.1) is 13.2 Å². The first kappa shape index (κ1) is 11.2. The van der Waals surface area contributed by atoms with Crippen LogP contribution >= 0.6 is 0 Å². The molecule has 0 spiro atoms. The Kier molecular flexibility index (Phi) is 4.38. The van der Waals surface area contributed by atoms with Crippen LogP contribution in [0, 0.1) is 0 Å². The van der Waals surface area contributed by atoms with Gasteiger partial charge < -0.3 is 14.2 Å². The fraction of sp³-hybridized carbons (Fsp3) is 1.00. The lowest BCUT2D eigenvalue weighted by atomic mass is 10.5. The number of epoxide rings is 1. The highest BCUT2D eigenvalue weighted by atomic mass is 28.3. The van der Waals surface area contributed by atoms with E-state index >= 15 is 0 Å². The summed E-state index contributed by atoms with van der Waals surface area (Å²) in [5.74, 6) is 0. The van der Waals surface area contributed by atoms with Crippen molar-refractivity contribution >= 4 is 8.07 Å². The van der Waals surface area contributed by atoms with Gasteiger partial charge in [0.25, 0.3) is 0 Å². The third-order valence-corrected chi connectivity index (χ3v) is 3.57. The van der Waals surface area contributed by atoms with Gasteiger partial charge in [-0.2, -0.15) is 0 Å². The maximum atomic E-state index is 5.34. The zero-order valence-electron chi connectivity index (χ0n) is 8.84. The number of hydrogen-bond acceptors (Lipinski definition) is 3. The van der Waals surface area contributed by atoms with Crippen LogP contribution in [0.5, 0.6) is 0 Å². The van der Waals surface area contributed by atoms with Gasteiger partial charge in [-0.15, -0.1) is 0 Å². The molecule has 1 heterocycles. The highest BCUT2D eigenvalue weighted by Gasteiger charge is 2.22. The summed E-state index contributed by atoms with van der Waals surface area (Å²) in [6.07, 6.45) is 0.348. The summed E-state index contributed by atoms with van der Waals surface area (Å²) in [5.41, 5.74) is 0. The first-order chi connectivity index (χ1) is 6.08. The molecule has 0 bridgehead atoms. The lowest BCUT2D eigenvalue weighted by molar-refractivity contribution is -0.0533. The predicted molar refractivity (Wildman–Crippen MR) is 54.7 cm³/mol. The molecule has 1 unspecified atom stereocenters. The van der Waals surface area contributed by atoms with Gasteiger partial charge in [-0.3, -0.25) is 0 Å². The van der Waals surface area contributed by atoms with Gasteiger partial charge in [0, 0.05) is 14.7 Å². The third-order valence-electron chi connectivity index (χ3n) is 1.87. The second kappa shape index (κ2) is 5.10. The van der Waals surface area contributed by atoms with E-state index in [4.69, 9.17) is 14.2 Å². The molecule has 1 atom stereocenters. The quantitative estimate of drug-likeness (QED) is 0.274. The van der Waals surface area contributed by atoms with E-state index in [1.807, 2.05) is 0 Å². The van der Waals surface area contributed by atoms with Gasteiger partial charge in [0.1, 0.15) is 12.9 Å². The Bertz CT molecular complexity index is 140. The molecule has 0 aromatic rings. The summed E-state index contributed by atoms with van der Waals surface area (Å²) < 4.78 is 15.6. The van der Waals surface area contributed by atoms with Crippen molar-refractivity contribution in [2.75, 3.05) is 26.6 Å². The SMILES string of the molecule is C[Si](C)(C)CCOCOCC1CO1. The average Bonchev–Trinajstić information content (AvgIpc) is 2.77. The highest BCUT2D eigenvalue weighted by molar-refractivity contribution is 6.76. The second-order valence-corrected chi connectivity index (χ2v) is 10.3. The molecule has 78 valence electrons. The first-order valence-electron chi connectivity index (χ1n) is 4.85. The third kappa shape index (κ3) is 7.19. The molecule has 0 N–H and O–H groups in total. The van der Waals surface area contributed by atoms with Crippen LogP contribution in [0.4, 0.5) is 0 Å². The molecule has 1 fully saturated rings. The summed E-state index contributed by atoms with van der Waals surface area (Å²) in [4.78, 5) is 0. The largest absolute Gasteiger partial charge is 0.371 e. The van der Waals surface area contributed by atoms with E-state index in [1.165, 1.54) is 6.04 Å². The molecule has 4 heteroatoms. The van der Waals surface area contributed by atoms with E-state index < -0.39 is 8.07 Å². The number of hydrogen-bond donors (Lipinski definition) is 0. The van der Waals surface area contributed by atoms with Crippen molar-refractivity contribution in [2.45, 2.75) is 31.8 Å². The van der Waals surface area contributed by atoms with Crippen molar-refractivity contribution in [2.24, 2.45) is 0 Å². The Morgan fingerprint density at radius 1 is 1.31 bits per heavy atom. The Morgan fingerprint density at radius 2 is 2.00 bits per heavy atom. The number of ether oxygens (including phenoxy) is 3. The summed E-state index contributed by atoms with van der Waals surface area (Å²) >= 11 is 0. The van der Waals surface area contributed by atoms with Crippen LogP contribution in [0.1, 0.15) is 0 Å². The maximum Gasteiger partial charge on any atom is 0.146 e. The standard InChI is InChI=1S/C9H20O3Si/c1-13(2,3)5-4-10-8-11-6-9-7-12-9/h9H,4-8H2,1-3H3. The lowest BCUT2D eigenvalue weighted by Crippen LogP contribution is -2.22. The van der Waals surface area contributed by atoms with E-state index in [9.17, 15) is 0 Å². The Hall–Kier alpha value is 0.0969. The Balaban J connectivity index is 1.78. The molecular weight excluding hydrogens is 184 g/mol. The summed E-state index contributed by atoms with van der Waals surface area (Å²) in [6, 6.07) is 1.20. The van der Waals surface area contributed by atoms with Crippen molar-refractivity contribution in [3.05, 3.63) is 0 Å². The van der Waals surface area contributed by atoms with Gasteiger partial charge in [0.15, 0.2) is 0 Å². The molecule has 0 aromatic heterocycles. The van der Waals surface area contributed by atoms with Crippen LogP contribution in [-0.2, 0) is 14.2 Å². The smallest absolute Gasteiger partial charge is 0.146 e. The minimum absolute atomic E-state index is 0.348.